The molecule has 0 spiro atoms. The van der Waals surface area contributed by atoms with Crippen molar-refractivity contribution in [3.05, 3.63) is 47.1 Å². The van der Waals surface area contributed by atoms with Crippen LogP contribution >= 0.6 is 11.6 Å². The van der Waals surface area contributed by atoms with Gasteiger partial charge >= 0.3 is 6.09 Å². The Morgan fingerprint density at radius 3 is 2.78 bits per heavy atom. The highest BCUT2D eigenvalue weighted by Crippen LogP contribution is 2.35. The number of nitrogens with zero attached hydrogens (tertiary/aromatic N) is 5. The molecule has 1 atom stereocenters. The summed E-state index contributed by atoms with van der Waals surface area (Å²) in [5.41, 5.74) is 0.275. The Balaban J connectivity index is 1.66. The van der Waals surface area contributed by atoms with Gasteiger partial charge in [-0.3, -0.25) is 19.5 Å². The molecule has 2 aromatic rings. The molecule has 0 unspecified atom stereocenters. The Morgan fingerprint density at radius 1 is 1.22 bits per heavy atom. The van der Waals surface area contributed by atoms with Gasteiger partial charge in [-0.1, -0.05) is 11.6 Å². The number of carbonyl (C=O) groups is 3. The van der Waals surface area contributed by atoms with E-state index >= 15 is 0 Å². The number of nitrogens with one attached hydrogen (secondary N) is 1. The zero-order chi connectivity index (χ0) is 19.0. The summed E-state index contributed by atoms with van der Waals surface area (Å²) in [6.07, 6.45) is 2.28. The SMILES string of the molecule is O=C1CN(C(=O)O[C@@H]2c3nccnc3C(=O)N2c2ccc(Cl)cn2)CCN1. The highest BCUT2D eigenvalue weighted by atomic mass is 35.5. The minimum absolute atomic E-state index is 0.0726. The monoisotopic (exact) mass is 388 g/mol. The topological polar surface area (TPSA) is 118 Å². The Kier molecular flexibility index (Phi) is 4.32. The molecular formula is C16H13ClN6O4. The van der Waals surface area contributed by atoms with Crippen LogP contribution in [0.5, 0.6) is 0 Å². The molecule has 10 nitrogen and oxygen atoms in total. The van der Waals surface area contributed by atoms with E-state index in [2.05, 4.69) is 20.3 Å². The molecule has 11 heteroatoms. The fraction of sp³-hybridized carbons (Fsp3) is 0.250. The molecule has 138 valence electrons. The predicted octanol–water partition coefficient (Wildman–Crippen LogP) is 0.752. The summed E-state index contributed by atoms with van der Waals surface area (Å²) >= 11 is 5.86. The third-order valence-electron chi connectivity index (χ3n) is 4.08. The normalized spacial score (nSPS) is 18.9. The minimum atomic E-state index is -1.15. The maximum Gasteiger partial charge on any atom is 0.412 e. The van der Waals surface area contributed by atoms with Gasteiger partial charge in [0.05, 0.1) is 5.02 Å². The number of amides is 3. The first-order valence-electron chi connectivity index (χ1n) is 8.03. The van der Waals surface area contributed by atoms with E-state index < -0.39 is 18.2 Å². The zero-order valence-electron chi connectivity index (χ0n) is 13.8. The van der Waals surface area contributed by atoms with Crippen LogP contribution in [0.3, 0.4) is 0 Å². The van der Waals surface area contributed by atoms with Gasteiger partial charge in [0.1, 0.15) is 18.1 Å². The van der Waals surface area contributed by atoms with Crippen LogP contribution in [0.15, 0.2) is 30.7 Å². The van der Waals surface area contributed by atoms with Crippen LogP contribution in [0.25, 0.3) is 0 Å². The first-order chi connectivity index (χ1) is 13.0. The standard InChI is InChI=1S/C16H13ClN6O4/c17-9-1-2-10(21-7-9)23-14(25)12-13(20-4-3-19-12)15(23)27-16(26)22-6-5-18-11(24)8-22/h1-4,7,15H,5-6,8H2,(H,18,24)/t15-/m1/s1. The van der Waals surface area contributed by atoms with Crippen LogP contribution < -0.4 is 10.2 Å². The van der Waals surface area contributed by atoms with Crippen molar-refractivity contribution in [1.82, 2.24) is 25.2 Å². The Morgan fingerprint density at radius 2 is 2.04 bits per heavy atom. The highest BCUT2D eigenvalue weighted by molar-refractivity contribution is 6.30. The first kappa shape index (κ1) is 17.2. The van der Waals surface area contributed by atoms with Gasteiger partial charge in [-0.25, -0.2) is 19.7 Å². The molecule has 0 radical (unpaired) electrons. The van der Waals surface area contributed by atoms with Gasteiger partial charge in [-0.15, -0.1) is 0 Å². The minimum Gasteiger partial charge on any atom is -0.419 e. The number of pyridine rings is 1. The molecule has 4 rings (SSSR count). The molecule has 2 aliphatic rings. The number of halogens is 1. The number of piperazine rings is 1. The molecule has 0 saturated carbocycles. The predicted molar refractivity (Wildman–Crippen MR) is 91.9 cm³/mol. The van der Waals surface area contributed by atoms with Crippen molar-refractivity contribution in [3.8, 4) is 0 Å². The smallest absolute Gasteiger partial charge is 0.412 e. The van der Waals surface area contributed by atoms with Crippen molar-refractivity contribution in [3.63, 3.8) is 0 Å². The molecule has 2 aliphatic heterocycles. The number of carbonyl (C=O) groups excluding carboxylic acids is 3. The van der Waals surface area contributed by atoms with E-state index in [4.69, 9.17) is 16.3 Å². The van der Waals surface area contributed by atoms with Gasteiger partial charge in [-0.2, -0.15) is 0 Å². The van der Waals surface area contributed by atoms with Crippen LogP contribution in [0.1, 0.15) is 22.4 Å². The van der Waals surface area contributed by atoms with E-state index in [9.17, 15) is 14.4 Å². The van der Waals surface area contributed by atoms with Crippen LogP contribution in [-0.4, -0.2) is 57.4 Å². The largest absolute Gasteiger partial charge is 0.419 e. The van der Waals surface area contributed by atoms with Gasteiger partial charge < -0.3 is 10.1 Å². The molecule has 1 N–H and O–H groups in total. The van der Waals surface area contributed by atoms with E-state index in [1.807, 2.05) is 0 Å². The fourth-order valence-electron chi connectivity index (χ4n) is 2.84. The number of hydrogen-bond acceptors (Lipinski definition) is 7. The lowest BCUT2D eigenvalue weighted by Crippen LogP contribution is -2.50. The quantitative estimate of drug-likeness (QED) is 0.806. The second kappa shape index (κ2) is 6.80. The summed E-state index contributed by atoms with van der Waals surface area (Å²) in [5.74, 6) is -0.544. The molecular weight excluding hydrogens is 376 g/mol. The van der Waals surface area contributed by atoms with Gasteiger partial charge in [0.25, 0.3) is 5.91 Å². The van der Waals surface area contributed by atoms with Crippen molar-refractivity contribution < 1.29 is 19.1 Å². The van der Waals surface area contributed by atoms with E-state index in [1.165, 1.54) is 34.5 Å². The molecule has 3 amide bonds. The number of anilines is 1. The van der Waals surface area contributed by atoms with Crippen LogP contribution in [-0.2, 0) is 9.53 Å². The molecule has 0 aromatic carbocycles. The fourth-order valence-corrected chi connectivity index (χ4v) is 2.96. The Labute approximate surface area is 158 Å². The molecule has 0 bridgehead atoms. The Bertz CT molecular complexity index is 921. The van der Waals surface area contributed by atoms with Gasteiger partial charge in [0.15, 0.2) is 5.69 Å². The molecule has 2 aromatic heterocycles. The average molecular weight is 389 g/mol. The van der Waals surface area contributed by atoms with Crippen LogP contribution in [0, 0.1) is 0 Å². The summed E-state index contributed by atoms with van der Waals surface area (Å²) < 4.78 is 5.53. The van der Waals surface area contributed by atoms with E-state index in [0.717, 1.165) is 0 Å². The van der Waals surface area contributed by atoms with E-state index in [0.29, 0.717) is 18.1 Å². The van der Waals surface area contributed by atoms with Crippen LogP contribution in [0.4, 0.5) is 10.6 Å². The molecule has 27 heavy (non-hydrogen) atoms. The number of fused-ring (bicyclic) bond motifs is 1. The highest BCUT2D eigenvalue weighted by Gasteiger charge is 2.44. The lowest BCUT2D eigenvalue weighted by atomic mass is 10.3. The van der Waals surface area contributed by atoms with E-state index in [-0.39, 0.29) is 29.7 Å². The molecule has 4 heterocycles. The molecule has 1 saturated heterocycles. The number of aromatic nitrogens is 3. The van der Waals surface area contributed by atoms with Crippen LogP contribution in [0.2, 0.25) is 5.02 Å². The summed E-state index contributed by atoms with van der Waals surface area (Å²) in [6.45, 7) is 0.514. The van der Waals surface area contributed by atoms with Gasteiger partial charge in [0, 0.05) is 31.7 Å². The zero-order valence-corrected chi connectivity index (χ0v) is 14.6. The summed E-state index contributed by atoms with van der Waals surface area (Å²) in [7, 11) is 0. The summed E-state index contributed by atoms with van der Waals surface area (Å²) in [6, 6.07) is 3.09. The maximum absolute atomic E-state index is 12.8. The van der Waals surface area contributed by atoms with Gasteiger partial charge in [-0.05, 0) is 12.1 Å². The average Bonchev–Trinajstić information content (AvgIpc) is 2.95. The first-order valence-corrected chi connectivity index (χ1v) is 8.40. The lowest BCUT2D eigenvalue weighted by molar-refractivity contribution is -0.123. The third kappa shape index (κ3) is 3.14. The summed E-state index contributed by atoms with van der Waals surface area (Å²) in [5, 5.41) is 3.02. The third-order valence-corrected chi connectivity index (χ3v) is 4.31. The number of ether oxygens (including phenoxy) is 1. The Hall–Kier alpha value is -3.27. The number of hydrogen-bond donors (Lipinski definition) is 1. The van der Waals surface area contributed by atoms with Crippen molar-refractivity contribution in [2.24, 2.45) is 0 Å². The molecule has 0 aliphatic carbocycles. The van der Waals surface area contributed by atoms with Crippen molar-refractivity contribution >= 4 is 35.3 Å². The second-order valence-electron chi connectivity index (χ2n) is 5.81. The maximum atomic E-state index is 12.8. The van der Waals surface area contributed by atoms with Gasteiger partial charge in [0.2, 0.25) is 12.1 Å². The van der Waals surface area contributed by atoms with Crippen molar-refractivity contribution in [1.29, 1.82) is 0 Å². The van der Waals surface area contributed by atoms with Crippen molar-refractivity contribution in [2.45, 2.75) is 6.23 Å². The number of rotatable bonds is 2. The summed E-state index contributed by atoms with van der Waals surface area (Å²) in [4.78, 5) is 51.6. The lowest BCUT2D eigenvalue weighted by Gasteiger charge is -2.29. The van der Waals surface area contributed by atoms with Crippen molar-refractivity contribution in [2.75, 3.05) is 24.5 Å². The molecule has 1 fully saturated rings. The van der Waals surface area contributed by atoms with E-state index in [1.54, 1.807) is 6.07 Å². The second-order valence-corrected chi connectivity index (χ2v) is 6.24.